The Labute approximate surface area is 541 Å². The number of fused-ring (bicyclic) bond motifs is 3. The van der Waals surface area contributed by atoms with Gasteiger partial charge in [-0.1, -0.05) is 90.8 Å². The van der Waals surface area contributed by atoms with Crippen molar-refractivity contribution in [3.05, 3.63) is 177 Å². The van der Waals surface area contributed by atoms with Crippen molar-refractivity contribution >= 4 is 17.1 Å². The van der Waals surface area contributed by atoms with Gasteiger partial charge in [0.15, 0.2) is 0 Å². The Morgan fingerprint density at radius 1 is 0.522 bits per heavy atom. The van der Waals surface area contributed by atoms with Gasteiger partial charge in [-0.15, -0.1) is 0 Å². The maximum absolute atomic E-state index is 8.89. The summed E-state index contributed by atoms with van der Waals surface area (Å²) in [5.41, 5.74) is 10.1. The van der Waals surface area contributed by atoms with Crippen molar-refractivity contribution in [3.8, 4) is 85.8 Å². The fourth-order valence-electron chi connectivity index (χ4n) is 10.8. The lowest BCUT2D eigenvalue weighted by Gasteiger charge is -2.13. The Bertz CT molecular complexity index is 4580. The predicted octanol–water partition coefficient (Wildman–Crippen LogP) is 17.2. The molecule has 90 heavy (non-hydrogen) atoms. The Morgan fingerprint density at radius 2 is 0.922 bits per heavy atom. The average molecular weight is 1220 g/mol. The molecule has 3 N–H and O–H groups in total. The van der Waals surface area contributed by atoms with E-state index in [9.17, 15) is 0 Å². The molecule has 0 unspecified atom stereocenters. The number of aromatic nitrogens is 6. The van der Waals surface area contributed by atoms with Gasteiger partial charge >= 0.3 is 0 Å². The van der Waals surface area contributed by atoms with E-state index in [0.29, 0.717) is 111 Å². The van der Waals surface area contributed by atoms with Crippen molar-refractivity contribution < 1.29 is 41.5 Å². The SMILES string of the molecule is [2H]C([2H])(C)C([2H])([2H])N[C@@]1([2H])CCc2c(-c3noc(-c4ccc(OC(C)C)c([N+]#[C-])c4)n3)cccc21.[2H]C([2H])(C)CN[C@@]1([2H])CCc2c(-c3noc(-c4ccc(OC(C)C)c([N+]#[C-])c4)n3)cccc21.[2H]C1([2H])Cc2c(-c3noc(-c4ccc(OC(C)C)c([N+]#[C-])c4)n3)cccc2[C@H]1NCCC. The molecule has 0 aliphatic heterocycles. The van der Waals surface area contributed by atoms with Crippen LogP contribution in [-0.4, -0.2) is 68.3 Å². The molecule has 0 spiro atoms. The summed E-state index contributed by atoms with van der Waals surface area (Å²) in [4.78, 5) is 24.3. The molecule has 3 aromatic heterocycles. The molecule has 0 amide bonds. The number of nitrogens with one attached hydrogen (secondary N) is 3. The third-order valence-corrected chi connectivity index (χ3v) is 14.7. The first kappa shape index (κ1) is 51.4. The molecule has 18 heteroatoms. The van der Waals surface area contributed by atoms with Crippen LogP contribution in [0.3, 0.4) is 0 Å². The zero-order valence-electron chi connectivity index (χ0n) is 61.8. The summed E-state index contributed by atoms with van der Waals surface area (Å²) in [5.74, 6) is 3.52. The van der Waals surface area contributed by atoms with E-state index in [-0.39, 0.29) is 49.6 Å². The van der Waals surface area contributed by atoms with Gasteiger partial charge in [-0.25, -0.2) is 14.5 Å². The van der Waals surface area contributed by atoms with Crippen molar-refractivity contribution in [2.45, 2.75) is 156 Å². The fourth-order valence-corrected chi connectivity index (χ4v) is 10.8. The maximum Gasteiger partial charge on any atom is 0.256 e. The number of hydrogen-bond acceptors (Lipinski definition) is 15. The highest BCUT2D eigenvalue weighted by Crippen LogP contribution is 2.42. The van der Waals surface area contributed by atoms with E-state index in [0.717, 1.165) is 58.8 Å². The second-order valence-electron chi connectivity index (χ2n) is 22.1. The largest absolute Gasteiger partial charge is 0.502 e. The third kappa shape index (κ3) is 14.6. The minimum Gasteiger partial charge on any atom is -0.502 e. The number of benzene rings is 6. The number of rotatable bonds is 21. The van der Waals surface area contributed by atoms with Crippen LogP contribution in [0.15, 0.2) is 123 Å². The summed E-state index contributed by atoms with van der Waals surface area (Å²) < 4.78 is 116. The lowest BCUT2D eigenvalue weighted by Crippen LogP contribution is -2.19. The third-order valence-electron chi connectivity index (χ3n) is 14.7. The maximum atomic E-state index is 8.89. The molecule has 3 atom stereocenters. The van der Waals surface area contributed by atoms with Gasteiger partial charge in [0, 0.05) is 62.4 Å². The van der Waals surface area contributed by atoms with Crippen molar-refractivity contribution in [2.75, 3.05) is 19.6 Å². The summed E-state index contributed by atoms with van der Waals surface area (Å²) in [6.45, 7) is 36.9. The molecule has 0 fully saturated rings. The Morgan fingerprint density at radius 3 is 1.30 bits per heavy atom. The second-order valence-corrected chi connectivity index (χ2v) is 22.1. The zero-order chi connectivity index (χ0) is 72.3. The lowest BCUT2D eigenvalue weighted by molar-refractivity contribution is 0.244. The van der Waals surface area contributed by atoms with Crippen LogP contribution in [0.5, 0.6) is 17.2 Å². The minimum atomic E-state index is -2.41. The fraction of sp³-hybridized carbons (Fsp3) is 0.375. The highest BCUT2D eigenvalue weighted by atomic mass is 16.5. The van der Waals surface area contributed by atoms with Gasteiger partial charge in [0.05, 0.1) is 40.8 Å². The molecule has 6 aromatic carbocycles. The van der Waals surface area contributed by atoms with E-state index in [4.69, 9.17) is 61.2 Å². The minimum absolute atomic E-state index is 0.0339. The number of ether oxygens (including phenoxy) is 3. The van der Waals surface area contributed by atoms with Crippen LogP contribution in [-0.2, 0) is 19.3 Å². The van der Waals surface area contributed by atoms with E-state index in [1.54, 1.807) is 66.7 Å². The van der Waals surface area contributed by atoms with Crippen LogP contribution in [0.25, 0.3) is 83.1 Å². The molecule has 9 aromatic rings. The molecule has 3 aliphatic rings. The van der Waals surface area contributed by atoms with Crippen LogP contribution in [0.1, 0.15) is 166 Å². The van der Waals surface area contributed by atoms with Crippen LogP contribution in [0.4, 0.5) is 17.1 Å². The van der Waals surface area contributed by atoms with E-state index in [1.165, 1.54) is 6.92 Å². The standard InChI is InChI=1S/3C24H26N4O2/c3*1-5-13-26-20-11-10-17-18(20)7-6-8-19(17)23-27-24(30-28-23)16-9-12-22(29-15(2)3)21(14-16)25-4/h3*6-9,12,14-15,20,26H,5,10-11,13H2,1-3H3/t3*20-/m000/s1/i5D2,13D2,20D;5D2,20D;11D2. The molecular formula is C72H78N12O6. The van der Waals surface area contributed by atoms with E-state index < -0.39 is 37.7 Å². The van der Waals surface area contributed by atoms with E-state index in [2.05, 4.69) is 67.8 Å². The number of nitrogens with zero attached hydrogens (tertiary/aromatic N) is 9. The predicted molar refractivity (Wildman–Crippen MR) is 350 cm³/mol. The Hall–Kier alpha value is -9.51. The highest BCUT2D eigenvalue weighted by molar-refractivity contribution is 5.74. The highest BCUT2D eigenvalue weighted by Gasteiger charge is 2.30. The molecule has 3 aliphatic carbocycles. The van der Waals surface area contributed by atoms with Gasteiger partial charge in [0.1, 0.15) is 17.2 Å². The summed E-state index contributed by atoms with van der Waals surface area (Å²) >= 11 is 0. The second kappa shape index (κ2) is 29.7. The number of hydrogen-bond donors (Lipinski definition) is 3. The summed E-state index contributed by atoms with van der Waals surface area (Å²) in [6, 6.07) is 29.3. The van der Waals surface area contributed by atoms with Gasteiger partial charge in [-0.05, 0) is 207 Å². The van der Waals surface area contributed by atoms with Crippen LogP contribution < -0.4 is 30.2 Å². The quantitative estimate of drug-likeness (QED) is 0.0575. The van der Waals surface area contributed by atoms with Crippen molar-refractivity contribution in [1.82, 2.24) is 46.4 Å². The average Bonchev–Trinajstić information content (AvgIpc) is 1.60. The Kier molecular flexibility index (Phi) is 16.9. The molecule has 3 heterocycles. The lowest BCUT2D eigenvalue weighted by atomic mass is 10.0. The normalized spacial score (nSPS) is 19.5. The van der Waals surface area contributed by atoms with Gasteiger partial charge < -0.3 is 43.7 Å². The molecule has 462 valence electrons. The molecular weight excluding hydrogens is 1130 g/mol. The Balaban J connectivity index is 0.000000162. The van der Waals surface area contributed by atoms with E-state index >= 15 is 0 Å². The van der Waals surface area contributed by atoms with Crippen LogP contribution in [0.2, 0.25) is 0 Å². The molecule has 0 saturated carbocycles. The van der Waals surface area contributed by atoms with Crippen molar-refractivity contribution in [2.24, 2.45) is 0 Å². The molecule has 0 radical (unpaired) electrons. The monoisotopic (exact) mass is 1220 g/mol. The molecule has 18 nitrogen and oxygen atoms in total. The summed E-state index contributed by atoms with van der Waals surface area (Å²) in [5, 5.41) is 21.5. The summed E-state index contributed by atoms with van der Waals surface area (Å²) in [7, 11) is 0. The first-order valence-electron chi connectivity index (χ1n) is 35.0. The van der Waals surface area contributed by atoms with Crippen molar-refractivity contribution in [3.63, 3.8) is 0 Å². The molecule has 0 saturated heterocycles. The first-order chi connectivity index (χ1) is 47.3. The van der Waals surface area contributed by atoms with Gasteiger partial charge in [-0.3, -0.25) is 0 Å². The first-order valence-corrected chi connectivity index (χ1v) is 30.0. The molecule has 0 bridgehead atoms. The van der Waals surface area contributed by atoms with Crippen LogP contribution in [0, 0.1) is 19.7 Å². The molecule has 12 rings (SSSR count). The van der Waals surface area contributed by atoms with Crippen molar-refractivity contribution in [1.29, 1.82) is 0 Å². The zero-order valence-corrected chi connectivity index (χ0v) is 51.8. The summed E-state index contributed by atoms with van der Waals surface area (Å²) in [6.07, 6.45) is -1.97. The topological polar surface area (TPSA) is 194 Å². The smallest absolute Gasteiger partial charge is 0.256 e. The van der Waals surface area contributed by atoms with Gasteiger partial charge in [-0.2, -0.15) is 15.0 Å². The van der Waals surface area contributed by atoms with Gasteiger partial charge in [0.25, 0.3) is 17.7 Å². The van der Waals surface area contributed by atoms with E-state index in [1.807, 2.05) is 84.0 Å². The van der Waals surface area contributed by atoms with Gasteiger partial charge in [0.2, 0.25) is 34.5 Å². The van der Waals surface area contributed by atoms with Crippen LogP contribution >= 0.6 is 0 Å².